The topological polar surface area (TPSA) is 76.9 Å². The third kappa shape index (κ3) is 2.85. The standard InChI is InChI=1S/C16H12F2N4O2/c1-9(15(23)19-10-6-7-12(17)13(18)8-10)22-16(24)11-4-2-3-5-14(11)20-21-22/h2-9H,1H3,(H,19,23). The van der Waals surface area contributed by atoms with E-state index in [1.165, 1.54) is 13.0 Å². The van der Waals surface area contributed by atoms with Crippen molar-refractivity contribution in [1.82, 2.24) is 15.0 Å². The van der Waals surface area contributed by atoms with Crippen LogP contribution in [0.1, 0.15) is 13.0 Å². The number of amides is 1. The van der Waals surface area contributed by atoms with Gasteiger partial charge < -0.3 is 5.32 Å². The lowest BCUT2D eigenvalue weighted by molar-refractivity contribution is -0.119. The van der Waals surface area contributed by atoms with Crippen LogP contribution in [0, 0.1) is 11.6 Å². The zero-order valence-electron chi connectivity index (χ0n) is 12.5. The van der Waals surface area contributed by atoms with Crippen molar-refractivity contribution in [1.29, 1.82) is 0 Å². The van der Waals surface area contributed by atoms with Crippen LogP contribution in [-0.2, 0) is 4.79 Å². The zero-order chi connectivity index (χ0) is 17.3. The van der Waals surface area contributed by atoms with E-state index in [2.05, 4.69) is 15.6 Å². The van der Waals surface area contributed by atoms with Crippen LogP contribution < -0.4 is 10.9 Å². The van der Waals surface area contributed by atoms with E-state index in [-0.39, 0.29) is 5.69 Å². The lowest BCUT2D eigenvalue weighted by atomic mass is 10.2. The minimum Gasteiger partial charge on any atom is -0.324 e. The van der Waals surface area contributed by atoms with Crippen LogP contribution in [0.25, 0.3) is 10.9 Å². The van der Waals surface area contributed by atoms with Gasteiger partial charge in [0, 0.05) is 11.8 Å². The molecule has 0 bridgehead atoms. The van der Waals surface area contributed by atoms with Gasteiger partial charge in [-0.05, 0) is 31.2 Å². The zero-order valence-corrected chi connectivity index (χ0v) is 12.5. The van der Waals surface area contributed by atoms with Crippen LogP contribution >= 0.6 is 0 Å². The van der Waals surface area contributed by atoms with E-state index in [9.17, 15) is 18.4 Å². The number of hydrogen-bond acceptors (Lipinski definition) is 4. The Morgan fingerprint density at radius 1 is 1.17 bits per heavy atom. The molecule has 1 aromatic heterocycles. The molecule has 1 heterocycles. The molecule has 0 saturated carbocycles. The first-order valence-electron chi connectivity index (χ1n) is 7.07. The fourth-order valence-corrected chi connectivity index (χ4v) is 2.19. The summed E-state index contributed by atoms with van der Waals surface area (Å²) in [7, 11) is 0. The predicted molar refractivity (Wildman–Crippen MR) is 83.5 cm³/mol. The van der Waals surface area contributed by atoms with Crippen LogP contribution in [0.3, 0.4) is 0 Å². The number of benzene rings is 2. The second-order valence-corrected chi connectivity index (χ2v) is 5.15. The highest BCUT2D eigenvalue weighted by molar-refractivity contribution is 5.93. The molecule has 1 amide bonds. The molecule has 1 N–H and O–H groups in total. The second-order valence-electron chi connectivity index (χ2n) is 5.15. The van der Waals surface area contributed by atoms with E-state index in [0.717, 1.165) is 16.8 Å². The molecule has 0 spiro atoms. The highest BCUT2D eigenvalue weighted by Gasteiger charge is 2.19. The summed E-state index contributed by atoms with van der Waals surface area (Å²) >= 11 is 0. The lowest BCUT2D eigenvalue weighted by Gasteiger charge is -2.13. The van der Waals surface area contributed by atoms with Gasteiger partial charge in [-0.25, -0.2) is 8.78 Å². The highest BCUT2D eigenvalue weighted by Crippen LogP contribution is 2.15. The molecule has 1 atom stereocenters. The summed E-state index contributed by atoms with van der Waals surface area (Å²) in [6.45, 7) is 1.46. The summed E-state index contributed by atoms with van der Waals surface area (Å²) in [5.74, 6) is -2.70. The molecule has 0 saturated heterocycles. The summed E-state index contributed by atoms with van der Waals surface area (Å²) in [6, 6.07) is 8.62. The van der Waals surface area contributed by atoms with Crippen molar-refractivity contribution < 1.29 is 13.6 Å². The van der Waals surface area contributed by atoms with E-state index >= 15 is 0 Å². The summed E-state index contributed by atoms with van der Waals surface area (Å²) in [5.41, 5.74) is 0.0352. The highest BCUT2D eigenvalue weighted by atomic mass is 19.2. The maximum Gasteiger partial charge on any atom is 0.278 e. The van der Waals surface area contributed by atoms with E-state index in [0.29, 0.717) is 10.9 Å². The molecule has 24 heavy (non-hydrogen) atoms. The predicted octanol–water partition coefficient (Wildman–Crippen LogP) is 2.27. The maximum atomic E-state index is 13.2. The average Bonchev–Trinajstić information content (AvgIpc) is 2.58. The van der Waals surface area contributed by atoms with Gasteiger partial charge in [-0.15, -0.1) is 5.10 Å². The molecule has 1 unspecified atom stereocenters. The van der Waals surface area contributed by atoms with Crippen LogP contribution in [0.15, 0.2) is 47.3 Å². The van der Waals surface area contributed by atoms with Gasteiger partial charge in [-0.3, -0.25) is 9.59 Å². The van der Waals surface area contributed by atoms with Crippen molar-refractivity contribution in [3.63, 3.8) is 0 Å². The molecular formula is C16H12F2N4O2. The number of hydrogen-bond donors (Lipinski definition) is 1. The number of nitrogens with one attached hydrogen (secondary N) is 1. The summed E-state index contributed by atoms with van der Waals surface area (Å²) < 4.78 is 27.0. The minimum atomic E-state index is -1.08. The molecule has 3 rings (SSSR count). The van der Waals surface area contributed by atoms with Gasteiger partial charge in [0.05, 0.1) is 5.39 Å². The van der Waals surface area contributed by atoms with Crippen molar-refractivity contribution in [3.05, 3.63) is 64.5 Å². The molecule has 0 aliphatic rings. The van der Waals surface area contributed by atoms with E-state index in [1.807, 2.05) is 0 Å². The van der Waals surface area contributed by atoms with Crippen LogP contribution in [0.2, 0.25) is 0 Å². The van der Waals surface area contributed by atoms with Crippen LogP contribution in [-0.4, -0.2) is 20.9 Å². The maximum absolute atomic E-state index is 13.2. The monoisotopic (exact) mass is 330 g/mol. The Balaban J connectivity index is 1.89. The van der Waals surface area contributed by atoms with Gasteiger partial charge >= 0.3 is 0 Å². The van der Waals surface area contributed by atoms with Gasteiger partial charge in [0.1, 0.15) is 11.6 Å². The molecule has 6 nitrogen and oxygen atoms in total. The fraction of sp³-hybridized carbons (Fsp3) is 0.125. The van der Waals surface area contributed by atoms with E-state index < -0.39 is 29.1 Å². The van der Waals surface area contributed by atoms with Crippen LogP contribution in [0.4, 0.5) is 14.5 Å². The number of halogens is 2. The summed E-state index contributed by atoms with van der Waals surface area (Å²) in [4.78, 5) is 24.6. The van der Waals surface area contributed by atoms with Gasteiger partial charge in [-0.2, -0.15) is 4.68 Å². The molecule has 3 aromatic rings. The molecule has 0 aliphatic heterocycles. The van der Waals surface area contributed by atoms with Gasteiger partial charge in [-0.1, -0.05) is 17.3 Å². The smallest absolute Gasteiger partial charge is 0.278 e. The van der Waals surface area contributed by atoms with Gasteiger partial charge in [0.2, 0.25) is 5.91 Å². The minimum absolute atomic E-state index is 0.0764. The Kier molecular flexibility index (Phi) is 4.03. The van der Waals surface area contributed by atoms with E-state index in [4.69, 9.17) is 0 Å². The third-order valence-electron chi connectivity index (χ3n) is 3.52. The molecule has 2 aromatic carbocycles. The molecule has 8 heteroatoms. The number of anilines is 1. The Hall–Kier alpha value is -3.16. The quantitative estimate of drug-likeness (QED) is 0.799. The third-order valence-corrected chi connectivity index (χ3v) is 3.52. The molecule has 0 fully saturated rings. The van der Waals surface area contributed by atoms with Crippen molar-refractivity contribution in [2.24, 2.45) is 0 Å². The SMILES string of the molecule is CC(C(=O)Nc1ccc(F)c(F)c1)n1nnc2ccccc2c1=O. The first kappa shape index (κ1) is 15.7. The molecule has 0 radical (unpaired) electrons. The first-order valence-corrected chi connectivity index (χ1v) is 7.07. The Morgan fingerprint density at radius 3 is 2.67 bits per heavy atom. The number of fused-ring (bicyclic) bond motifs is 1. The molecule has 122 valence electrons. The number of rotatable bonds is 3. The molecular weight excluding hydrogens is 318 g/mol. The summed E-state index contributed by atoms with van der Waals surface area (Å²) in [6.07, 6.45) is 0. The normalized spacial score (nSPS) is 12.1. The fourth-order valence-electron chi connectivity index (χ4n) is 2.19. The number of nitrogens with zero attached hydrogens (tertiary/aromatic N) is 3. The van der Waals surface area contributed by atoms with Crippen molar-refractivity contribution >= 4 is 22.5 Å². The lowest BCUT2D eigenvalue weighted by Crippen LogP contribution is -2.34. The van der Waals surface area contributed by atoms with Crippen molar-refractivity contribution in [2.75, 3.05) is 5.32 Å². The Morgan fingerprint density at radius 2 is 1.92 bits per heavy atom. The van der Waals surface area contributed by atoms with E-state index in [1.54, 1.807) is 24.3 Å². The van der Waals surface area contributed by atoms with Gasteiger partial charge in [0.15, 0.2) is 11.6 Å². The van der Waals surface area contributed by atoms with Crippen molar-refractivity contribution in [2.45, 2.75) is 13.0 Å². The first-order chi connectivity index (χ1) is 11.5. The summed E-state index contributed by atoms with van der Waals surface area (Å²) in [5, 5.41) is 10.4. The Bertz CT molecular complexity index is 987. The van der Waals surface area contributed by atoms with Gasteiger partial charge in [0.25, 0.3) is 5.56 Å². The number of carbonyl (C=O) groups excluding carboxylic acids is 1. The molecule has 0 aliphatic carbocycles. The second kappa shape index (κ2) is 6.15. The van der Waals surface area contributed by atoms with Crippen molar-refractivity contribution in [3.8, 4) is 0 Å². The van der Waals surface area contributed by atoms with Crippen LogP contribution in [0.5, 0.6) is 0 Å². The largest absolute Gasteiger partial charge is 0.324 e. The number of aromatic nitrogens is 3. The number of carbonyl (C=O) groups is 1. The average molecular weight is 330 g/mol. The Labute approximate surface area is 134 Å².